The van der Waals surface area contributed by atoms with Crippen LogP contribution in [0.2, 0.25) is 5.02 Å². The van der Waals surface area contributed by atoms with Crippen LogP contribution in [0.25, 0.3) is 6.08 Å². The summed E-state index contributed by atoms with van der Waals surface area (Å²) in [6.07, 6.45) is 3.71. The van der Waals surface area contributed by atoms with E-state index in [9.17, 15) is 13.2 Å². The van der Waals surface area contributed by atoms with Crippen LogP contribution in [-0.2, 0) is 14.8 Å². The highest BCUT2D eigenvalue weighted by Crippen LogP contribution is 2.31. The zero-order valence-corrected chi connectivity index (χ0v) is 23.3. The molecule has 0 bridgehead atoms. The zero-order chi connectivity index (χ0) is 27.2. The van der Waals surface area contributed by atoms with E-state index in [0.717, 1.165) is 16.3 Å². The lowest BCUT2D eigenvalue weighted by Gasteiger charge is -2.23. The molecule has 0 aromatic heterocycles. The highest BCUT2D eigenvalue weighted by Gasteiger charge is 2.31. The van der Waals surface area contributed by atoms with Crippen molar-refractivity contribution in [1.29, 1.82) is 0 Å². The SMILES string of the molecule is COc1cc(C=CC(=O)N(c2cc(C)ccc2C)S(=O)(=O)c2ccc(Cl)cc2)ccc1OCCC(C)C. The van der Waals surface area contributed by atoms with E-state index in [4.69, 9.17) is 21.1 Å². The van der Waals surface area contributed by atoms with Gasteiger partial charge in [-0.15, -0.1) is 0 Å². The van der Waals surface area contributed by atoms with E-state index in [1.54, 1.807) is 50.4 Å². The van der Waals surface area contributed by atoms with Gasteiger partial charge in [0.1, 0.15) is 0 Å². The van der Waals surface area contributed by atoms with Crippen LogP contribution in [0.1, 0.15) is 37.0 Å². The van der Waals surface area contributed by atoms with E-state index in [0.29, 0.717) is 40.2 Å². The van der Waals surface area contributed by atoms with E-state index in [-0.39, 0.29) is 10.6 Å². The molecule has 8 heteroatoms. The van der Waals surface area contributed by atoms with Crippen molar-refractivity contribution in [3.63, 3.8) is 0 Å². The second-order valence-electron chi connectivity index (χ2n) is 9.13. The summed E-state index contributed by atoms with van der Waals surface area (Å²) in [5.41, 5.74) is 2.42. The lowest BCUT2D eigenvalue weighted by Crippen LogP contribution is -2.36. The zero-order valence-electron chi connectivity index (χ0n) is 21.7. The van der Waals surface area contributed by atoms with Gasteiger partial charge in [0, 0.05) is 11.1 Å². The maximum Gasteiger partial charge on any atom is 0.271 e. The van der Waals surface area contributed by atoms with Crippen molar-refractivity contribution in [2.75, 3.05) is 18.0 Å². The van der Waals surface area contributed by atoms with Crippen LogP contribution in [-0.4, -0.2) is 28.0 Å². The Morgan fingerprint density at radius 1 is 1.00 bits per heavy atom. The molecule has 0 aliphatic heterocycles. The molecular weight excluding hydrogens is 510 g/mol. The number of benzene rings is 3. The van der Waals surface area contributed by atoms with Crippen molar-refractivity contribution in [3.8, 4) is 11.5 Å². The summed E-state index contributed by atoms with van der Waals surface area (Å²) in [5, 5.41) is 0.397. The molecule has 6 nitrogen and oxygen atoms in total. The molecule has 0 N–H and O–H groups in total. The van der Waals surface area contributed by atoms with Gasteiger partial charge in [-0.3, -0.25) is 4.79 Å². The van der Waals surface area contributed by atoms with E-state index in [1.807, 2.05) is 13.0 Å². The van der Waals surface area contributed by atoms with Crippen LogP contribution in [0.15, 0.2) is 71.6 Å². The summed E-state index contributed by atoms with van der Waals surface area (Å²) in [6.45, 7) is 8.42. The minimum atomic E-state index is -4.22. The molecule has 0 unspecified atom stereocenters. The molecule has 3 aromatic rings. The van der Waals surface area contributed by atoms with Crippen LogP contribution in [0.4, 0.5) is 5.69 Å². The fourth-order valence-electron chi connectivity index (χ4n) is 3.56. The van der Waals surface area contributed by atoms with Crippen molar-refractivity contribution in [2.24, 2.45) is 5.92 Å². The molecule has 0 radical (unpaired) electrons. The van der Waals surface area contributed by atoms with Gasteiger partial charge in [-0.25, -0.2) is 8.42 Å². The minimum absolute atomic E-state index is 0.0378. The van der Waals surface area contributed by atoms with E-state index < -0.39 is 15.9 Å². The van der Waals surface area contributed by atoms with Gasteiger partial charge in [0.05, 0.1) is 24.3 Å². The molecule has 0 fully saturated rings. The van der Waals surface area contributed by atoms with Gasteiger partial charge in [-0.2, -0.15) is 4.31 Å². The quantitative estimate of drug-likeness (QED) is 0.263. The topological polar surface area (TPSA) is 72.9 Å². The van der Waals surface area contributed by atoms with Crippen LogP contribution in [0.5, 0.6) is 11.5 Å². The van der Waals surface area contributed by atoms with Gasteiger partial charge in [-0.1, -0.05) is 43.6 Å². The van der Waals surface area contributed by atoms with E-state index in [1.165, 1.54) is 30.3 Å². The first kappa shape index (κ1) is 28.3. The highest BCUT2D eigenvalue weighted by molar-refractivity contribution is 7.93. The number of ether oxygens (including phenoxy) is 2. The molecule has 0 saturated carbocycles. The van der Waals surface area contributed by atoms with Crippen LogP contribution < -0.4 is 13.8 Å². The predicted molar refractivity (Wildman–Crippen MR) is 149 cm³/mol. The molecule has 0 spiro atoms. The first-order chi connectivity index (χ1) is 17.5. The van der Waals surface area contributed by atoms with Gasteiger partial charge < -0.3 is 9.47 Å². The predicted octanol–water partition coefficient (Wildman–Crippen LogP) is 6.83. The second-order valence-corrected chi connectivity index (χ2v) is 11.3. The van der Waals surface area contributed by atoms with Crippen molar-refractivity contribution < 1.29 is 22.7 Å². The Labute approximate surface area is 224 Å². The standard InChI is InChI=1S/C29H32ClNO5S/c1-20(2)16-17-36-27-14-8-23(19-28(27)35-5)9-15-29(32)31(26-18-21(3)6-7-22(26)4)37(33,34)25-12-10-24(30)11-13-25/h6-15,18-20H,16-17H2,1-5H3. The van der Waals surface area contributed by atoms with Gasteiger partial charge in [0.2, 0.25) is 0 Å². The molecule has 0 aliphatic carbocycles. The maximum atomic E-state index is 13.6. The fourth-order valence-corrected chi connectivity index (χ4v) is 5.13. The number of aryl methyl sites for hydroxylation is 2. The van der Waals surface area contributed by atoms with Crippen LogP contribution in [0, 0.1) is 19.8 Å². The summed E-state index contributed by atoms with van der Waals surface area (Å²) in [7, 11) is -2.68. The first-order valence-electron chi connectivity index (χ1n) is 11.9. The Kier molecular flexibility index (Phi) is 9.40. The van der Waals surface area contributed by atoms with Crippen molar-refractivity contribution in [3.05, 3.63) is 88.5 Å². The molecule has 196 valence electrons. The highest BCUT2D eigenvalue weighted by atomic mass is 35.5. The Balaban J connectivity index is 1.96. The summed E-state index contributed by atoms with van der Waals surface area (Å²) in [4.78, 5) is 13.4. The minimum Gasteiger partial charge on any atom is -0.493 e. The first-order valence-corrected chi connectivity index (χ1v) is 13.8. The molecule has 37 heavy (non-hydrogen) atoms. The molecule has 3 aromatic carbocycles. The van der Waals surface area contributed by atoms with Crippen molar-refractivity contribution >= 4 is 39.3 Å². The average molecular weight is 542 g/mol. The van der Waals surface area contributed by atoms with Crippen molar-refractivity contribution in [1.82, 2.24) is 0 Å². The second kappa shape index (κ2) is 12.3. The number of amides is 1. The number of rotatable bonds is 10. The monoisotopic (exact) mass is 541 g/mol. The Hall–Kier alpha value is -3.29. The van der Waals surface area contributed by atoms with Gasteiger partial charge in [0.25, 0.3) is 15.9 Å². The number of carbonyl (C=O) groups is 1. The number of hydrogen-bond acceptors (Lipinski definition) is 5. The number of nitrogens with zero attached hydrogens (tertiary/aromatic N) is 1. The molecule has 0 atom stereocenters. The normalized spacial score (nSPS) is 11.6. The molecule has 0 saturated heterocycles. The number of methoxy groups -OCH3 is 1. The maximum absolute atomic E-state index is 13.6. The van der Waals surface area contributed by atoms with Gasteiger partial charge in [0.15, 0.2) is 11.5 Å². The molecule has 3 rings (SSSR count). The lowest BCUT2D eigenvalue weighted by atomic mass is 10.1. The third-order valence-electron chi connectivity index (χ3n) is 5.69. The number of hydrogen-bond donors (Lipinski definition) is 0. The molecule has 0 heterocycles. The van der Waals surface area contributed by atoms with E-state index in [2.05, 4.69) is 13.8 Å². The van der Waals surface area contributed by atoms with Gasteiger partial charge in [-0.05, 0) is 91.4 Å². The Morgan fingerprint density at radius 2 is 1.70 bits per heavy atom. The fraction of sp³-hybridized carbons (Fsp3) is 0.276. The smallest absolute Gasteiger partial charge is 0.271 e. The third kappa shape index (κ3) is 7.14. The van der Waals surface area contributed by atoms with Crippen molar-refractivity contribution in [2.45, 2.75) is 39.0 Å². The average Bonchev–Trinajstić information content (AvgIpc) is 2.85. The summed E-state index contributed by atoms with van der Waals surface area (Å²) >= 11 is 5.96. The van der Waals surface area contributed by atoms with E-state index >= 15 is 0 Å². The number of carbonyl (C=O) groups excluding carboxylic acids is 1. The summed E-state index contributed by atoms with van der Waals surface area (Å²) < 4.78 is 39.4. The summed E-state index contributed by atoms with van der Waals surface area (Å²) in [6, 6.07) is 16.4. The number of anilines is 1. The molecule has 1 amide bonds. The largest absolute Gasteiger partial charge is 0.493 e. The third-order valence-corrected chi connectivity index (χ3v) is 7.67. The number of sulfonamides is 1. The van der Waals surface area contributed by atoms with Crippen LogP contribution in [0.3, 0.4) is 0 Å². The Bertz CT molecular complexity index is 1380. The Morgan fingerprint density at radius 3 is 2.35 bits per heavy atom. The lowest BCUT2D eigenvalue weighted by molar-refractivity contribution is -0.113. The molecular formula is C29H32ClNO5S. The number of halogens is 1. The summed E-state index contributed by atoms with van der Waals surface area (Å²) in [5.74, 6) is 0.940. The molecule has 0 aliphatic rings. The van der Waals surface area contributed by atoms with Gasteiger partial charge >= 0.3 is 0 Å². The van der Waals surface area contributed by atoms with Crippen LogP contribution >= 0.6 is 11.6 Å².